The normalized spacial score (nSPS) is 10.9. The van der Waals surface area contributed by atoms with Crippen molar-refractivity contribution in [3.63, 3.8) is 0 Å². The Bertz CT molecular complexity index is 371. The van der Waals surface area contributed by atoms with Crippen LogP contribution in [-0.2, 0) is 17.9 Å². The second-order valence-corrected chi connectivity index (χ2v) is 4.90. The monoisotopic (exact) mass is 251 g/mol. The van der Waals surface area contributed by atoms with Gasteiger partial charge in [-0.25, -0.2) is 0 Å². The number of aromatic nitrogens is 1. The average Bonchev–Trinajstić information content (AvgIpc) is 2.76. The van der Waals surface area contributed by atoms with Crippen molar-refractivity contribution in [1.82, 2.24) is 14.8 Å². The van der Waals surface area contributed by atoms with Crippen LogP contribution in [0.4, 0.5) is 0 Å². The Morgan fingerprint density at radius 3 is 2.83 bits per heavy atom. The van der Waals surface area contributed by atoms with Crippen LogP contribution in [0.15, 0.2) is 18.3 Å². The molecule has 0 aliphatic heterocycles. The summed E-state index contributed by atoms with van der Waals surface area (Å²) in [5.74, 6) is 0.151. The van der Waals surface area contributed by atoms with Crippen molar-refractivity contribution in [2.45, 2.75) is 46.3 Å². The van der Waals surface area contributed by atoms with Crippen molar-refractivity contribution in [3.8, 4) is 0 Å². The van der Waals surface area contributed by atoms with Gasteiger partial charge in [0, 0.05) is 31.5 Å². The third-order valence-corrected chi connectivity index (χ3v) is 3.13. The summed E-state index contributed by atoms with van der Waals surface area (Å²) < 4.78 is 2.02. The SMILES string of the molecule is CCCNCc1cccn1CC(=O)N(C)C(C)C. The number of nitrogens with one attached hydrogen (secondary N) is 1. The zero-order valence-corrected chi connectivity index (χ0v) is 11.9. The smallest absolute Gasteiger partial charge is 0.242 e. The van der Waals surface area contributed by atoms with Crippen molar-refractivity contribution in [2.75, 3.05) is 13.6 Å². The lowest BCUT2D eigenvalue weighted by Crippen LogP contribution is -2.35. The summed E-state index contributed by atoms with van der Waals surface area (Å²) in [6, 6.07) is 4.30. The lowest BCUT2D eigenvalue weighted by atomic mass is 10.3. The van der Waals surface area contributed by atoms with Gasteiger partial charge in [-0.3, -0.25) is 4.79 Å². The Morgan fingerprint density at radius 1 is 1.50 bits per heavy atom. The second-order valence-electron chi connectivity index (χ2n) is 4.90. The van der Waals surface area contributed by atoms with Gasteiger partial charge in [-0.05, 0) is 38.9 Å². The van der Waals surface area contributed by atoms with Crippen molar-refractivity contribution >= 4 is 5.91 Å². The van der Waals surface area contributed by atoms with E-state index in [2.05, 4.69) is 18.3 Å². The molecule has 4 heteroatoms. The van der Waals surface area contributed by atoms with Crippen LogP contribution >= 0.6 is 0 Å². The molecular formula is C14H25N3O. The average molecular weight is 251 g/mol. The Morgan fingerprint density at radius 2 is 2.22 bits per heavy atom. The first kappa shape index (κ1) is 14.8. The highest BCUT2D eigenvalue weighted by molar-refractivity contribution is 5.76. The first-order valence-electron chi connectivity index (χ1n) is 6.66. The molecule has 0 aliphatic carbocycles. The molecule has 102 valence electrons. The van der Waals surface area contributed by atoms with E-state index in [1.54, 1.807) is 4.90 Å². The minimum Gasteiger partial charge on any atom is -0.342 e. The van der Waals surface area contributed by atoms with E-state index >= 15 is 0 Å². The van der Waals surface area contributed by atoms with Crippen LogP contribution in [-0.4, -0.2) is 35.0 Å². The van der Waals surface area contributed by atoms with E-state index < -0.39 is 0 Å². The summed E-state index contributed by atoms with van der Waals surface area (Å²) in [4.78, 5) is 13.8. The predicted molar refractivity (Wildman–Crippen MR) is 74.3 cm³/mol. The second kappa shape index (κ2) is 7.21. The van der Waals surface area contributed by atoms with E-state index in [0.29, 0.717) is 6.54 Å². The fourth-order valence-corrected chi connectivity index (χ4v) is 1.70. The molecule has 0 saturated heterocycles. The molecular weight excluding hydrogens is 226 g/mol. The molecule has 1 amide bonds. The summed E-state index contributed by atoms with van der Waals surface area (Å²) in [5.41, 5.74) is 1.16. The van der Waals surface area contributed by atoms with Gasteiger partial charge in [0.25, 0.3) is 0 Å². The Hall–Kier alpha value is -1.29. The highest BCUT2D eigenvalue weighted by Crippen LogP contribution is 2.04. The van der Waals surface area contributed by atoms with Crippen LogP contribution in [0.1, 0.15) is 32.9 Å². The number of carbonyl (C=O) groups is 1. The maximum absolute atomic E-state index is 12.0. The third-order valence-electron chi connectivity index (χ3n) is 3.13. The molecule has 0 spiro atoms. The molecule has 0 atom stereocenters. The minimum absolute atomic E-state index is 0.151. The van der Waals surface area contributed by atoms with Crippen LogP contribution in [0.25, 0.3) is 0 Å². The van der Waals surface area contributed by atoms with Crippen molar-refractivity contribution < 1.29 is 4.79 Å². The zero-order chi connectivity index (χ0) is 13.5. The molecule has 1 aromatic rings. The lowest BCUT2D eigenvalue weighted by Gasteiger charge is -2.22. The number of nitrogens with zero attached hydrogens (tertiary/aromatic N) is 2. The fraction of sp³-hybridized carbons (Fsp3) is 0.643. The molecule has 0 unspecified atom stereocenters. The number of likely N-dealkylation sites (N-methyl/N-ethyl adjacent to an activating group) is 1. The van der Waals surface area contributed by atoms with Crippen LogP contribution in [0.3, 0.4) is 0 Å². The van der Waals surface area contributed by atoms with Gasteiger partial charge in [-0.15, -0.1) is 0 Å². The number of rotatable bonds is 7. The standard InChI is InChI=1S/C14H25N3O/c1-5-8-15-10-13-7-6-9-17(13)11-14(18)16(4)12(2)3/h6-7,9,12,15H,5,8,10-11H2,1-4H3. The summed E-state index contributed by atoms with van der Waals surface area (Å²) in [7, 11) is 1.85. The van der Waals surface area contributed by atoms with Gasteiger partial charge >= 0.3 is 0 Å². The third kappa shape index (κ3) is 4.18. The molecule has 0 radical (unpaired) electrons. The van der Waals surface area contributed by atoms with Gasteiger partial charge in [0.1, 0.15) is 6.54 Å². The number of carbonyl (C=O) groups excluding carboxylic acids is 1. The molecule has 1 heterocycles. The largest absolute Gasteiger partial charge is 0.342 e. The van der Waals surface area contributed by atoms with Crippen molar-refractivity contribution in [1.29, 1.82) is 0 Å². The molecule has 0 aliphatic rings. The quantitative estimate of drug-likeness (QED) is 0.751. The van der Waals surface area contributed by atoms with Gasteiger partial charge in [-0.1, -0.05) is 6.92 Å². The predicted octanol–water partition coefficient (Wildman–Crippen LogP) is 1.85. The number of hydrogen-bond donors (Lipinski definition) is 1. The van der Waals surface area contributed by atoms with E-state index in [-0.39, 0.29) is 11.9 Å². The van der Waals surface area contributed by atoms with E-state index in [1.807, 2.05) is 37.7 Å². The lowest BCUT2D eigenvalue weighted by molar-refractivity contribution is -0.132. The van der Waals surface area contributed by atoms with Gasteiger partial charge in [0.2, 0.25) is 5.91 Å². The van der Waals surface area contributed by atoms with E-state index in [0.717, 1.165) is 25.2 Å². The van der Waals surface area contributed by atoms with Crippen LogP contribution in [0.5, 0.6) is 0 Å². The maximum Gasteiger partial charge on any atom is 0.242 e. The molecule has 1 aromatic heterocycles. The van der Waals surface area contributed by atoms with Crippen LogP contribution in [0.2, 0.25) is 0 Å². The highest BCUT2D eigenvalue weighted by atomic mass is 16.2. The van der Waals surface area contributed by atoms with Gasteiger partial charge in [-0.2, -0.15) is 0 Å². The van der Waals surface area contributed by atoms with Crippen molar-refractivity contribution in [2.24, 2.45) is 0 Å². The number of amides is 1. The molecule has 1 N–H and O–H groups in total. The molecule has 18 heavy (non-hydrogen) atoms. The Labute approximate surface area is 110 Å². The van der Waals surface area contributed by atoms with Gasteiger partial charge < -0.3 is 14.8 Å². The fourth-order valence-electron chi connectivity index (χ4n) is 1.70. The van der Waals surface area contributed by atoms with Crippen LogP contribution in [0, 0.1) is 0 Å². The molecule has 4 nitrogen and oxygen atoms in total. The molecule has 0 saturated carbocycles. The summed E-state index contributed by atoms with van der Waals surface area (Å²) >= 11 is 0. The Kier molecular flexibility index (Phi) is 5.92. The van der Waals surface area contributed by atoms with E-state index in [4.69, 9.17) is 0 Å². The molecule has 1 rings (SSSR count). The van der Waals surface area contributed by atoms with Crippen LogP contribution < -0.4 is 5.32 Å². The zero-order valence-electron chi connectivity index (χ0n) is 11.9. The van der Waals surface area contributed by atoms with E-state index in [9.17, 15) is 4.79 Å². The topological polar surface area (TPSA) is 37.3 Å². The van der Waals surface area contributed by atoms with Gasteiger partial charge in [0.05, 0.1) is 0 Å². The maximum atomic E-state index is 12.0. The van der Waals surface area contributed by atoms with Crippen molar-refractivity contribution in [3.05, 3.63) is 24.0 Å². The molecule has 0 fully saturated rings. The van der Waals surface area contributed by atoms with Gasteiger partial charge in [0.15, 0.2) is 0 Å². The Balaban J connectivity index is 2.56. The van der Waals surface area contributed by atoms with E-state index in [1.165, 1.54) is 0 Å². The minimum atomic E-state index is 0.151. The highest BCUT2D eigenvalue weighted by Gasteiger charge is 2.13. The molecule has 0 aromatic carbocycles. The molecule has 0 bridgehead atoms. The summed E-state index contributed by atoms with van der Waals surface area (Å²) in [6.07, 6.45) is 3.09. The summed E-state index contributed by atoms with van der Waals surface area (Å²) in [6.45, 7) is 8.44. The first-order chi connectivity index (χ1) is 8.56. The summed E-state index contributed by atoms with van der Waals surface area (Å²) in [5, 5.41) is 3.36. The first-order valence-corrected chi connectivity index (χ1v) is 6.66. The number of hydrogen-bond acceptors (Lipinski definition) is 2.